The lowest BCUT2D eigenvalue weighted by atomic mass is 9.99. The minimum absolute atomic E-state index is 0.153. The fourth-order valence-corrected chi connectivity index (χ4v) is 2.04. The Morgan fingerprint density at radius 2 is 2.18 bits per heavy atom. The zero-order valence-electron chi connectivity index (χ0n) is 12.4. The summed E-state index contributed by atoms with van der Waals surface area (Å²) >= 11 is 0. The molecule has 1 amide bonds. The predicted octanol–water partition coefficient (Wildman–Crippen LogP) is 1.50. The van der Waals surface area contributed by atoms with Crippen LogP contribution in [0.25, 0.3) is 5.69 Å². The number of carbonyl (C=O) groups excluding carboxylic acids is 1. The Bertz CT molecular complexity index is 655. The summed E-state index contributed by atoms with van der Waals surface area (Å²) in [7, 11) is 0. The number of aromatic nitrogens is 3. The molecular formula is C15H18N4O3. The van der Waals surface area contributed by atoms with Crippen molar-refractivity contribution in [1.29, 1.82) is 0 Å². The summed E-state index contributed by atoms with van der Waals surface area (Å²) < 4.78 is 1.53. The number of carbonyl (C=O) groups is 2. The monoisotopic (exact) mass is 302 g/mol. The van der Waals surface area contributed by atoms with Crippen LogP contribution in [0.3, 0.4) is 0 Å². The van der Waals surface area contributed by atoms with Crippen molar-refractivity contribution in [2.45, 2.75) is 26.3 Å². The molecule has 0 saturated heterocycles. The van der Waals surface area contributed by atoms with Gasteiger partial charge in [0.25, 0.3) is 5.91 Å². The van der Waals surface area contributed by atoms with E-state index in [2.05, 4.69) is 15.6 Å². The lowest BCUT2D eigenvalue weighted by Gasteiger charge is -2.20. The van der Waals surface area contributed by atoms with Gasteiger partial charge in [-0.15, -0.1) is 5.10 Å². The highest BCUT2D eigenvalue weighted by atomic mass is 16.4. The van der Waals surface area contributed by atoms with Gasteiger partial charge >= 0.3 is 5.97 Å². The van der Waals surface area contributed by atoms with E-state index in [0.717, 1.165) is 0 Å². The number of benzene rings is 1. The largest absolute Gasteiger partial charge is 0.480 e. The lowest BCUT2D eigenvalue weighted by molar-refractivity contribution is -0.140. The normalized spacial score (nSPS) is 13.4. The molecule has 0 aliphatic rings. The van der Waals surface area contributed by atoms with Gasteiger partial charge in [-0.05, 0) is 24.1 Å². The van der Waals surface area contributed by atoms with Gasteiger partial charge in [0.15, 0.2) is 0 Å². The van der Waals surface area contributed by atoms with E-state index in [-0.39, 0.29) is 5.92 Å². The van der Waals surface area contributed by atoms with Crippen LogP contribution in [0, 0.1) is 5.92 Å². The van der Waals surface area contributed by atoms with E-state index in [9.17, 15) is 14.7 Å². The molecular weight excluding hydrogens is 284 g/mol. The van der Waals surface area contributed by atoms with E-state index in [1.807, 2.05) is 6.92 Å². The molecule has 2 rings (SSSR count). The van der Waals surface area contributed by atoms with Crippen LogP contribution in [0.2, 0.25) is 0 Å². The van der Waals surface area contributed by atoms with Gasteiger partial charge in [0.05, 0.1) is 18.1 Å². The molecule has 1 aromatic carbocycles. The predicted molar refractivity (Wildman–Crippen MR) is 79.7 cm³/mol. The standard InChI is InChI=1S/C15H18N4O3/c1-3-10(2)13(15(21)22)17-14(20)11-5-4-6-12(9-11)19-8-7-16-18-19/h4-10,13H,3H2,1-2H3,(H,17,20)(H,21,22)/t10-,13-/m0/s1. The quantitative estimate of drug-likeness (QED) is 0.842. The van der Waals surface area contributed by atoms with Crippen LogP contribution in [0.5, 0.6) is 0 Å². The molecule has 0 unspecified atom stereocenters. The number of nitrogens with zero attached hydrogens (tertiary/aromatic N) is 3. The minimum Gasteiger partial charge on any atom is -0.480 e. The van der Waals surface area contributed by atoms with Crippen molar-refractivity contribution in [3.05, 3.63) is 42.2 Å². The summed E-state index contributed by atoms with van der Waals surface area (Å²) in [6.45, 7) is 3.68. The highest BCUT2D eigenvalue weighted by Crippen LogP contribution is 2.12. The Morgan fingerprint density at radius 3 is 2.77 bits per heavy atom. The summed E-state index contributed by atoms with van der Waals surface area (Å²) in [5.41, 5.74) is 1.06. The van der Waals surface area contributed by atoms with Crippen molar-refractivity contribution in [2.24, 2.45) is 5.92 Å². The van der Waals surface area contributed by atoms with E-state index in [1.54, 1.807) is 37.4 Å². The molecule has 0 saturated carbocycles. The van der Waals surface area contributed by atoms with Crippen LogP contribution in [0.1, 0.15) is 30.6 Å². The summed E-state index contributed by atoms with van der Waals surface area (Å²) in [6.07, 6.45) is 3.86. The summed E-state index contributed by atoms with van der Waals surface area (Å²) in [4.78, 5) is 23.6. The summed E-state index contributed by atoms with van der Waals surface area (Å²) in [5.74, 6) is -1.61. The molecule has 2 N–H and O–H groups in total. The third kappa shape index (κ3) is 3.49. The Labute approximate surface area is 128 Å². The molecule has 0 aliphatic heterocycles. The first-order chi connectivity index (χ1) is 10.5. The molecule has 2 atom stereocenters. The molecule has 7 heteroatoms. The molecule has 116 valence electrons. The van der Waals surface area contributed by atoms with Crippen LogP contribution in [-0.2, 0) is 4.79 Å². The maximum absolute atomic E-state index is 12.3. The highest BCUT2D eigenvalue weighted by Gasteiger charge is 2.25. The van der Waals surface area contributed by atoms with Gasteiger partial charge in [0.1, 0.15) is 6.04 Å². The van der Waals surface area contributed by atoms with E-state index in [4.69, 9.17) is 0 Å². The Kier molecular flexibility index (Phi) is 4.88. The summed E-state index contributed by atoms with van der Waals surface area (Å²) in [6, 6.07) is 5.86. The van der Waals surface area contributed by atoms with Gasteiger partial charge in [-0.3, -0.25) is 4.79 Å². The van der Waals surface area contributed by atoms with Gasteiger partial charge < -0.3 is 10.4 Å². The summed E-state index contributed by atoms with van der Waals surface area (Å²) in [5, 5.41) is 19.4. The molecule has 0 radical (unpaired) electrons. The Morgan fingerprint density at radius 1 is 1.41 bits per heavy atom. The van der Waals surface area contributed by atoms with Gasteiger partial charge in [-0.1, -0.05) is 31.5 Å². The van der Waals surface area contributed by atoms with Gasteiger partial charge in [0, 0.05) is 5.56 Å². The minimum atomic E-state index is -1.03. The number of nitrogens with one attached hydrogen (secondary N) is 1. The molecule has 1 aromatic heterocycles. The van der Waals surface area contributed by atoms with E-state index in [0.29, 0.717) is 17.7 Å². The van der Waals surface area contributed by atoms with Crippen molar-refractivity contribution in [1.82, 2.24) is 20.3 Å². The highest BCUT2D eigenvalue weighted by molar-refractivity contribution is 5.97. The van der Waals surface area contributed by atoms with Crippen LogP contribution in [0.15, 0.2) is 36.7 Å². The topological polar surface area (TPSA) is 97.1 Å². The molecule has 1 heterocycles. The maximum atomic E-state index is 12.3. The maximum Gasteiger partial charge on any atom is 0.326 e. The number of aliphatic carboxylic acids is 1. The average Bonchev–Trinajstić information content (AvgIpc) is 3.06. The number of amides is 1. The SMILES string of the molecule is CC[C@H](C)[C@H](NC(=O)c1cccc(-n2ccnn2)c1)C(=O)O. The molecule has 0 spiro atoms. The first-order valence-corrected chi connectivity index (χ1v) is 7.03. The van der Waals surface area contributed by atoms with Crippen LogP contribution >= 0.6 is 0 Å². The number of carboxylic acids is 1. The molecule has 2 aromatic rings. The second-order valence-corrected chi connectivity index (χ2v) is 5.07. The number of hydrogen-bond acceptors (Lipinski definition) is 4. The zero-order chi connectivity index (χ0) is 16.1. The third-order valence-corrected chi connectivity index (χ3v) is 3.56. The number of rotatable bonds is 6. The van der Waals surface area contributed by atoms with E-state index < -0.39 is 17.9 Å². The second kappa shape index (κ2) is 6.84. The third-order valence-electron chi connectivity index (χ3n) is 3.56. The molecule has 7 nitrogen and oxygen atoms in total. The Hall–Kier alpha value is -2.70. The molecule has 0 bridgehead atoms. The van der Waals surface area contributed by atoms with Crippen LogP contribution in [0.4, 0.5) is 0 Å². The van der Waals surface area contributed by atoms with Crippen LogP contribution < -0.4 is 5.32 Å². The molecule has 0 fully saturated rings. The number of carboxylic acid groups (broad SMARTS) is 1. The fraction of sp³-hybridized carbons (Fsp3) is 0.333. The van der Waals surface area contributed by atoms with Crippen molar-refractivity contribution in [3.8, 4) is 5.69 Å². The molecule has 22 heavy (non-hydrogen) atoms. The smallest absolute Gasteiger partial charge is 0.326 e. The van der Waals surface area contributed by atoms with Crippen molar-refractivity contribution in [2.75, 3.05) is 0 Å². The average molecular weight is 302 g/mol. The van der Waals surface area contributed by atoms with Crippen molar-refractivity contribution >= 4 is 11.9 Å². The Balaban J connectivity index is 2.19. The van der Waals surface area contributed by atoms with Gasteiger partial charge in [-0.2, -0.15) is 0 Å². The zero-order valence-corrected chi connectivity index (χ0v) is 12.4. The van der Waals surface area contributed by atoms with Crippen molar-refractivity contribution < 1.29 is 14.7 Å². The van der Waals surface area contributed by atoms with E-state index >= 15 is 0 Å². The van der Waals surface area contributed by atoms with Gasteiger partial charge in [0.2, 0.25) is 0 Å². The number of hydrogen-bond donors (Lipinski definition) is 2. The van der Waals surface area contributed by atoms with Crippen molar-refractivity contribution in [3.63, 3.8) is 0 Å². The fourth-order valence-electron chi connectivity index (χ4n) is 2.04. The van der Waals surface area contributed by atoms with E-state index in [1.165, 1.54) is 10.9 Å². The van der Waals surface area contributed by atoms with Gasteiger partial charge in [-0.25, -0.2) is 9.48 Å². The first-order valence-electron chi connectivity index (χ1n) is 7.03. The lowest BCUT2D eigenvalue weighted by Crippen LogP contribution is -2.45. The molecule has 0 aliphatic carbocycles. The van der Waals surface area contributed by atoms with Crippen LogP contribution in [-0.4, -0.2) is 38.0 Å². The second-order valence-electron chi connectivity index (χ2n) is 5.07. The first kappa shape index (κ1) is 15.7.